The number of benzene rings is 1. The third-order valence-electron chi connectivity index (χ3n) is 3.96. The molecule has 1 aliphatic rings. The molecule has 0 bridgehead atoms. The minimum Gasteiger partial charge on any atom is -0.399 e. The Morgan fingerprint density at radius 3 is 2.65 bits per heavy atom. The number of nitrogen functional groups attached to an aromatic ring is 2. The molecule has 3 aromatic rings. The molecule has 1 aromatic carbocycles. The predicted octanol–water partition coefficient (Wildman–Crippen LogP) is 1.45. The minimum atomic E-state index is -0.121. The van der Waals surface area contributed by atoms with E-state index in [9.17, 15) is 4.79 Å². The van der Waals surface area contributed by atoms with Gasteiger partial charge in [0.2, 0.25) is 0 Å². The summed E-state index contributed by atoms with van der Waals surface area (Å²) in [6.45, 7) is 0. The van der Waals surface area contributed by atoms with E-state index in [1.54, 1.807) is 22.8 Å². The molecule has 1 amide bonds. The van der Waals surface area contributed by atoms with Gasteiger partial charge in [-0.15, -0.1) is 0 Å². The molecular formula is C16H16N6O. The number of carbonyl (C=O) groups excluding carboxylic acids is 1. The Balaban J connectivity index is 1.93. The summed E-state index contributed by atoms with van der Waals surface area (Å²) in [5, 5.41) is 7.17. The fourth-order valence-corrected chi connectivity index (χ4v) is 2.64. The summed E-state index contributed by atoms with van der Waals surface area (Å²) in [7, 11) is 0. The van der Waals surface area contributed by atoms with Crippen LogP contribution >= 0.6 is 0 Å². The number of carbonyl (C=O) groups is 1. The van der Waals surface area contributed by atoms with Gasteiger partial charge in [0.05, 0.1) is 5.56 Å². The number of nitrogens with zero attached hydrogens (tertiary/aromatic N) is 3. The van der Waals surface area contributed by atoms with E-state index in [0.29, 0.717) is 22.6 Å². The van der Waals surface area contributed by atoms with Crippen LogP contribution in [-0.2, 0) is 0 Å². The van der Waals surface area contributed by atoms with Gasteiger partial charge in [0.15, 0.2) is 5.82 Å². The first-order valence-electron chi connectivity index (χ1n) is 7.42. The Hall–Kier alpha value is -3.09. The molecule has 0 spiro atoms. The van der Waals surface area contributed by atoms with Crippen molar-refractivity contribution in [3.05, 3.63) is 42.4 Å². The molecule has 0 saturated heterocycles. The Bertz CT molecular complexity index is 895. The summed E-state index contributed by atoms with van der Waals surface area (Å²) >= 11 is 0. The van der Waals surface area contributed by atoms with Gasteiger partial charge in [-0.05, 0) is 30.5 Å². The lowest BCUT2D eigenvalue weighted by molar-refractivity contribution is 0.0951. The van der Waals surface area contributed by atoms with Gasteiger partial charge in [-0.2, -0.15) is 5.10 Å². The van der Waals surface area contributed by atoms with Gasteiger partial charge in [0.25, 0.3) is 5.91 Å². The zero-order valence-corrected chi connectivity index (χ0v) is 12.4. The van der Waals surface area contributed by atoms with E-state index in [-0.39, 0.29) is 11.9 Å². The predicted molar refractivity (Wildman–Crippen MR) is 87.7 cm³/mol. The molecule has 7 heteroatoms. The smallest absolute Gasteiger partial charge is 0.253 e. The van der Waals surface area contributed by atoms with E-state index in [1.807, 2.05) is 12.1 Å². The van der Waals surface area contributed by atoms with Crippen LogP contribution in [0.1, 0.15) is 23.2 Å². The fourth-order valence-electron chi connectivity index (χ4n) is 2.64. The van der Waals surface area contributed by atoms with Crippen molar-refractivity contribution < 1.29 is 4.79 Å². The van der Waals surface area contributed by atoms with Crippen LogP contribution in [0.2, 0.25) is 0 Å². The van der Waals surface area contributed by atoms with Crippen molar-refractivity contribution in [3.63, 3.8) is 0 Å². The number of fused-ring (bicyclic) bond motifs is 1. The molecule has 2 aromatic heterocycles. The summed E-state index contributed by atoms with van der Waals surface area (Å²) in [6, 6.07) is 7.59. The highest BCUT2D eigenvalue weighted by molar-refractivity contribution is 6.07. The summed E-state index contributed by atoms with van der Waals surface area (Å²) in [5.41, 5.74) is 15.2. The van der Waals surface area contributed by atoms with Gasteiger partial charge in [-0.1, -0.05) is 12.1 Å². The topological polar surface area (TPSA) is 111 Å². The van der Waals surface area contributed by atoms with Gasteiger partial charge in [0.1, 0.15) is 11.8 Å². The summed E-state index contributed by atoms with van der Waals surface area (Å²) in [6.07, 6.45) is 5.12. The van der Waals surface area contributed by atoms with Gasteiger partial charge in [-0.25, -0.2) is 9.50 Å². The van der Waals surface area contributed by atoms with Gasteiger partial charge in [-0.3, -0.25) is 4.79 Å². The first-order valence-corrected chi connectivity index (χ1v) is 7.42. The number of nitrogens with one attached hydrogen (secondary N) is 1. The second kappa shape index (κ2) is 4.98. The standard InChI is InChI=1S/C16H16N6O/c17-10-3-1-9(2-4-10)13-12(16(23)21-11-5-6-11)7-22-14(13)15(18)19-8-20-22/h1-4,7-8,11H,5-6,17H2,(H,21,23)(H2,18,19,20). The van der Waals surface area contributed by atoms with Crippen molar-refractivity contribution >= 4 is 22.9 Å². The van der Waals surface area contributed by atoms with Gasteiger partial charge in [0, 0.05) is 23.5 Å². The Morgan fingerprint density at radius 2 is 1.96 bits per heavy atom. The normalized spacial score (nSPS) is 14.1. The van der Waals surface area contributed by atoms with Crippen molar-refractivity contribution in [1.29, 1.82) is 0 Å². The zero-order valence-electron chi connectivity index (χ0n) is 12.4. The van der Waals surface area contributed by atoms with E-state index in [4.69, 9.17) is 11.5 Å². The van der Waals surface area contributed by atoms with E-state index >= 15 is 0 Å². The first kappa shape index (κ1) is 13.6. The quantitative estimate of drug-likeness (QED) is 0.634. The number of hydrogen-bond acceptors (Lipinski definition) is 5. The lowest BCUT2D eigenvalue weighted by atomic mass is 10.0. The SMILES string of the molecule is Nc1ccc(-c2c(C(=O)NC3CC3)cn3ncnc(N)c23)cc1. The molecule has 7 nitrogen and oxygen atoms in total. The van der Waals surface area contributed by atoms with Crippen LogP contribution in [0.25, 0.3) is 16.6 Å². The first-order chi connectivity index (χ1) is 11.1. The highest BCUT2D eigenvalue weighted by Crippen LogP contribution is 2.33. The van der Waals surface area contributed by atoms with Crippen LogP contribution in [0.3, 0.4) is 0 Å². The third-order valence-corrected chi connectivity index (χ3v) is 3.96. The number of nitrogens with two attached hydrogens (primary N) is 2. The summed E-state index contributed by atoms with van der Waals surface area (Å²) in [5.74, 6) is 0.210. The van der Waals surface area contributed by atoms with Crippen molar-refractivity contribution in [2.24, 2.45) is 0 Å². The number of aromatic nitrogens is 3. The maximum Gasteiger partial charge on any atom is 0.253 e. The number of rotatable bonds is 3. The molecule has 5 N–H and O–H groups in total. The maximum absolute atomic E-state index is 12.6. The molecule has 0 radical (unpaired) electrons. The molecule has 0 unspecified atom stereocenters. The lowest BCUT2D eigenvalue weighted by Crippen LogP contribution is -2.25. The Labute approximate surface area is 132 Å². The monoisotopic (exact) mass is 308 g/mol. The van der Waals surface area contributed by atoms with Gasteiger partial charge >= 0.3 is 0 Å². The minimum absolute atomic E-state index is 0.121. The maximum atomic E-state index is 12.6. The fraction of sp³-hybridized carbons (Fsp3) is 0.188. The molecule has 116 valence electrons. The van der Waals surface area contributed by atoms with Crippen LogP contribution in [-0.4, -0.2) is 26.5 Å². The van der Waals surface area contributed by atoms with E-state index < -0.39 is 0 Å². The van der Waals surface area contributed by atoms with Crippen molar-refractivity contribution in [2.75, 3.05) is 11.5 Å². The number of anilines is 2. The second-order valence-corrected chi connectivity index (χ2v) is 5.73. The van der Waals surface area contributed by atoms with Gasteiger partial charge < -0.3 is 16.8 Å². The molecule has 2 heterocycles. The number of amides is 1. The second-order valence-electron chi connectivity index (χ2n) is 5.73. The molecule has 4 rings (SSSR count). The zero-order chi connectivity index (χ0) is 16.0. The average molecular weight is 308 g/mol. The largest absolute Gasteiger partial charge is 0.399 e. The third kappa shape index (κ3) is 2.36. The van der Waals surface area contributed by atoms with Crippen molar-refractivity contribution in [2.45, 2.75) is 18.9 Å². The molecule has 0 aliphatic heterocycles. The number of hydrogen-bond donors (Lipinski definition) is 3. The molecular weight excluding hydrogens is 292 g/mol. The molecule has 1 fully saturated rings. The van der Waals surface area contributed by atoms with E-state index in [2.05, 4.69) is 15.4 Å². The van der Waals surface area contributed by atoms with E-state index in [0.717, 1.165) is 24.0 Å². The van der Waals surface area contributed by atoms with Crippen LogP contribution in [0.5, 0.6) is 0 Å². The highest BCUT2D eigenvalue weighted by atomic mass is 16.1. The Kier molecular flexibility index (Phi) is 2.94. The summed E-state index contributed by atoms with van der Waals surface area (Å²) < 4.78 is 1.59. The van der Waals surface area contributed by atoms with Crippen LogP contribution in [0.4, 0.5) is 11.5 Å². The molecule has 1 saturated carbocycles. The molecule has 23 heavy (non-hydrogen) atoms. The van der Waals surface area contributed by atoms with Crippen LogP contribution in [0.15, 0.2) is 36.8 Å². The van der Waals surface area contributed by atoms with E-state index in [1.165, 1.54) is 6.33 Å². The van der Waals surface area contributed by atoms with Crippen LogP contribution in [0, 0.1) is 0 Å². The Morgan fingerprint density at radius 1 is 1.22 bits per heavy atom. The summed E-state index contributed by atoms with van der Waals surface area (Å²) in [4.78, 5) is 16.6. The molecule has 1 aliphatic carbocycles. The van der Waals surface area contributed by atoms with Crippen molar-refractivity contribution in [1.82, 2.24) is 19.9 Å². The average Bonchev–Trinajstić information content (AvgIpc) is 3.25. The van der Waals surface area contributed by atoms with Crippen LogP contribution < -0.4 is 16.8 Å². The lowest BCUT2D eigenvalue weighted by Gasteiger charge is -2.07. The highest BCUT2D eigenvalue weighted by Gasteiger charge is 2.27. The molecule has 0 atom stereocenters. The van der Waals surface area contributed by atoms with Crippen molar-refractivity contribution in [3.8, 4) is 11.1 Å².